The molecule has 4 unspecified atom stereocenters. The van der Waals surface area contributed by atoms with Crippen LogP contribution in [0.5, 0.6) is 0 Å². The summed E-state index contributed by atoms with van der Waals surface area (Å²) in [5.41, 5.74) is 17.5. The number of anilines is 2. The second-order valence-corrected chi connectivity index (χ2v) is 7.25. The molecule has 1 aromatic carbocycles. The Balaban J connectivity index is 1.76. The summed E-state index contributed by atoms with van der Waals surface area (Å²) in [6.07, 6.45) is 7.22. The summed E-state index contributed by atoms with van der Waals surface area (Å²) < 4.78 is 0. The highest BCUT2D eigenvalue weighted by atomic mass is 14.7. The van der Waals surface area contributed by atoms with Crippen molar-refractivity contribution in [2.75, 3.05) is 11.5 Å². The van der Waals surface area contributed by atoms with Gasteiger partial charge in [0.15, 0.2) is 0 Å². The van der Waals surface area contributed by atoms with Gasteiger partial charge in [0, 0.05) is 0 Å². The Hall–Kier alpha value is -1.18. The quantitative estimate of drug-likeness (QED) is 0.684. The highest BCUT2D eigenvalue weighted by molar-refractivity contribution is 5.67. The number of rotatable bonds is 0. The second-order valence-electron chi connectivity index (χ2n) is 7.25. The minimum absolute atomic E-state index is 0.734. The lowest BCUT2D eigenvalue weighted by molar-refractivity contribution is 0.00322. The number of nitrogens with two attached hydrogens (primary N) is 2. The molecule has 0 aromatic heterocycles. The molecule has 4 aliphatic carbocycles. The van der Waals surface area contributed by atoms with Gasteiger partial charge in [-0.05, 0) is 84.5 Å². The third-order valence-electron chi connectivity index (χ3n) is 6.75. The van der Waals surface area contributed by atoms with Crippen LogP contribution in [0, 0.1) is 17.3 Å². The van der Waals surface area contributed by atoms with Crippen LogP contribution in [0.4, 0.5) is 11.4 Å². The molecule has 18 heavy (non-hydrogen) atoms. The van der Waals surface area contributed by atoms with E-state index in [1.807, 2.05) is 0 Å². The Morgan fingerprint density at radius 1 is 0.833 bits per heavy atom. The molecule has 4 aliphatic rings. The first-order chi connectivity index (χ1) is 8.67. The number of benzene rings is 1. The molecule has 0 aliphatic heterocycles. The first-order valence-corrected chi connectivity index (χ1v) is 7.36. The average Bonchev–Trinajstić information content (AvgIpc) is 2.76. The van der Waals surface area contributed by atoms with Gasteiger partial charge in [-0.15, -0.1) is 0 Å². The van der Waals surface area contributed by atoms with Gasteiger partial charge in [0.2, 0.25) is 0 Å². The fourth-order valence-corrected chi connectivity index (χ4v) is 6.02. The summed E-state index contributed by atoms with van der Waals surface area (Å²) in [5.74, 6) is 3.63. The first kappa shape index (κ1) is 9.71. The van der Waals surface area contributed by atoms with Gasteiger partial charge < -0.3 is 11.5 Å². The zero-order valence-corrected chi connectivity index (χ0v) is 10.7. The molecule has 0 heterocycles. The van der Waals surface area contributed by atoms with Crippen molar-refractivity contribution < 1.29 is 0 Å². The van der Waals surface area contributed by atoms with Crippen LogP contribution in [0.1, 0.15) is 55.1 Å². The molecule has 4 N–H and O–H groups in total. The smallest absolute Gasteiger partial charge is 0.0550 e. The fraction of sp³-hybridized carbons (Fsp3) is 0.625. The fourth-order valence-electron chi connectivity index (χ4n) is 6.02. The van der Waals surface area contributed by atoms with Crippen LogP contribution in [-0.4, -0.2) is 0 Å². The van der Waals surface area contributed by atoms with Crippen LogP contribution in [0.2, 0.25) is 0 Å². The molecular weight excluding hydrogens is 220 g/mol. The SMILES string of the molecule is Nc1cc2c(cc1N)C1CC3CC4CC2CC43C1. The predicted molar refractivity (Wildman–Crippen MR) is 73.2 cm³/mol. The maximum atomic E-state index is 6.04. The summed E-state index contributed by atoms with van der Waals surface area (Å²) in [4.78, 5) is 0. The van der Waals surface area contributed by atoms with Crippen LogP contribution in [0.25, 0.3) is 0 Å². The van der Waals surface area contributed by atoms with Crippen molar-refractivity contribution in [3.8, 4) is 0 Å². The van der Waals surface area contributed by atoms with Crippen LogP contribution < -0.4 is 11.5 Å². The normalized spacial score (nSPS) is 46.4. The molecule has 3 fully saturated rings. The minimum atomic E-state index is 0.734. The van der Waals surface area contributed by atoms with E-state index in [-0.39, 0.29) is 0 Å². The van der Waals surface area contributed by atoms with Crippen molar-refractivity contribution in [3.05, 3.63) is 23.3 Å². The van der Waals surface area contributed by atoms with E-state index in [2.05, 4.69) is 12.1 Å². The summed E-state index contributed by atoms with van der Waals surface area (Å²) >= 11 is 0. The molecule has 5 rings (SSSR count). The number of hydrogen-bond acceptors (Lipinski definition) is 2. The van der Waals surface area contributed by atoms with Crippen molar-refractivity contribution in [3.63, 3.8) is 0 Å². The monoisotopic (exact) mass is 240 g/mol. The third kappa shape index (κ3) is 0.877. The molecule has 3 saturated carbocycles. The van der Waals surface area contributed by atoms with Crippen LogP contribution in [0.15, 0.2) is 12.1 Å². The van der Waals surface area contributed by atoms with Gasteiger partial charge in [0.05, 0.1) is 11.4 Å². The van der Waals surface area contributed by atoms with Crippen LogP contribution in [0.3, 0.4) is 0 Å². The maximum Gasteiger partial charge on any atom is 0.0550 e. The Bertz CT molecular complexity index is 513. The molecular formula is C16H20N2. The Labute approximate surface area is 108 Å². The van der Waals surface area contributed by atoms with E-state index in [1.165, 1.54) is 32.1 Å². The van der Waals surface area contributed by atoms with Crippen molar-refractivity contribution in [1.29, 1.82) is 0 Å². The standard InChI is InChI=1S/C16H20N2/c17-14-4-12-8-1-10-3-11-2-9(7-16(10,11)6-8)13(12)5-15(14)18/h4-5,8-11H,1-3,6-7,17-18H2. The van der Waals surface area contributed by atoms with E-state index < -0.39 is 0 Å². The van der Waals surface area contributed by atoms with Crippen molar-refractivity contribution in [2.24, 2.45) is 17.3 Å². The third-order valence-corrected chi connectivity index (χ3v) is 6.75. The molecule has 4 atom stereocenters. The zero-order valence-electron chi connectivity index (χ0n) is 10.7. The maximum absolute atomic E-state index is 6.04. The lowest BCUT2D eigenvalue weighted by Crippen LogP contribution is -2.41. The molecule has 2 nitrogen and oxygen atoms in total. The van der Waals surface area contributed by atoms with Gasteiger partial charge in [0.1, 0.15) is 0 Å². The molecule has 0 saturated heterocycles. The summed E-state index contributed by atoms with van der Waals surface area (Å²) in [7, 11) is 0. The van der Waals surface area contributed by atoms with Gasteiger partial charge in [-0.3, -0.25) is 0 Å². The van der Waals surface area contributed by atoms with E-state index >= 15 is 0 Å². The highest BCUT2D eigenvalue weighted by Gasteiger charge is 2.65. The second kappa shape index (κ2) is 2.71. The number of nitrogen functional groups attached to an aromatic ring is 2. The van der Waals surface area contributed by atoms with Gasteiger partial charge in [-0.1, -0.05) is 0 Å². The predicted octanol–water partition coefficient (Wildman–Crippen LogP) is 3.24. The van der Waals surface area contributed by atoms with Crippen LogP contribution in [-0.2, 0) is 0 Å². The van der Waals surface area contributed by atoms with E-state index in [4.69, 9.17) is 11.5 Å². The summed E-state index contributed by atoms with van der Waals surface area (Å²) in [5, 5.41) is 0. The molecule has 0 amide bonds. The van der Waals surface area contributed by atoms with Crippen molar-refractivity contribution in [2.45, 2.75) is 43.9 Å². The molecule has 94 valence electrons. The number of hydrogen-bond donors (Lipinski definition) is 2. The van der Waals surface area contributed by atoms with Gasteiger partial charge in [0.25, 0.3) is 0 Å². The molecule has 1 aromatic rings. The minimum Gasteiger partial charge on any atom is -0.397 e. The summed E-state index contributed by atoms with van der Waals surface area (Å²) in [6, 6.07) is 4.40. The molecule has 3 bridgehead atoms. The highest BCUT2D eigenvalue weighted by Crippen LogP contribution is 2.76. The van der Waals surface area contributed by atoms with Crippen molar-refractivity contribution >= 4 is 11.4 Å². The van der Waals surface area contributed by atoms with E-state index in [1.54, 1.807) is 11.1 Å². The largest absolute Gasteiger partial charge is 0.397 e. The Morgan fingerprint density at radius 2 is 1.33 bits per heavy atom. The van der Waals surface area contributed by atoms with E-state index in [0.29, 0.717) is 0 Å². The molecule has 2 heteroatoms. The Morgan fingerprint density at radius 3 is 1.83 bits per heavy atom. The lowest BCUT2D eigenvalue weighted by atomic mass is 9.56. The van der Waals surface area contributed by atoms with Crippen LogP contribution >= 0.6 is 0 Å². The zero-order chi connectivity index (χ0) is 12.1. The van der Waals surface area contributed by atoms with Crippen molar-refractivity contribution in [1.82, 2.24) is 0 Å². The topological polar surface area (TPSA) is 52.0 Å². The average molecular weight is 240 g/mol. The Kier molecular flexibility index (Phi) is 1.46. The van der Waals surface area contributed by atoms with E-state index in [9.17, 15) is 0 Å². The lowest BCUT2D eigenvalue weighted by Gasteiger charge is -2.48. The van der Waals surface area contributed by atoms with Gasteiger partial charge in [-0.25, -0.2) is 0 Å². The van der Waals surface area contributed by atoms with Gasteiger partial charge >= 0.3 is 0 Å². The van der Waals surface area contributed by atoms with E-state index in [0.717, 1.165) is 40.5 Å². The molecule has 0 radical (unpaired) electrons. The molecule has 1 spiro atoms. The first-order valence-electron chi connectivity index (χ1n) is 7.36. The number of fused-ring (bicyclic) bond motifs is 5. The summed E-state index contributed by atoms with van der Waals surface area (Å²) in [6.45, 7) is 0. The van der Waals surface area contributed by atoms with Gasteiger partial charge in [-0.2, -0.15) is 0 Å².